The molecule has 0 saturated carbocycles. The molecule has 6 heteroatoms. The molecule has 0 aromatic heterocycles. The number of rotatable bonds is 2. The van der Waals surface area contributed by atoms with Crippen molar-refractivity contribution >= 4 is 37.6 Å². The van der Waals surface area contributed by atoms with Gasteiger partial charge in [0.05, 0.1) is 8.95 Å². The lowest BCUT2D eigenvalue weighted by Gasteiger charge is -2.10. The van der Waals surface area contributed by atoms with Gasteiger partial charge < -0.3 is 5.32 Å². The van der Waals surface area contributed by atoms with Crippen LogP contribution in [0.1, 0.15) is 57.7 Å². The van der Waals surface area contributed by atoms with Crippen LogP contribution in [0.5, 0.6) is 0 Å². The number of hydrogen-bond donors (Lipinski definition) is 1. The lowest BCUT2D eigenvalue weighted by molar-refractivity contribution is 0.601. The van der Waals surface area contributed by atoms with E-state index in [2.05, 4.69) is 42.2 Å². The molecule has 0 bridgehead atoms. The van der Waals surface area contributed by atoms with Crippen molar-refractivity contribution in [2.45, 2.75) is 46.6 Å². The molecule has 2 heterocycles. The van der Waals surface area contributed by atoms with Crippen molar-refractivity contribution in [3.05, 3.63) is 68.1 Å². The quantitative estimate of drug-likeness (QED) is 0.439. The fraction of sp³-hybridized carbons (Fsp3) is 0.409. The minimum Gasteiger partial charge on any atom is -0.310 e. The molecule has 2 aliphatic heterocycles. The summed E-state index contributed by atoms with van der Waals surface area (Å²) in [4.78, 5) is 4.31. The predicted octanol–water partition coefficient (Wildman–Crippen LogP) is 7.46. The fourth-order valence-electron chi connectivity index (χ4n) is 3.15. The van der Waals surface area contributed by atoms with Crippen molar-refractivity contribution in [3.63, 3.8) is 0 Å². The first-order valence-corrected chi connectivity index (χ1v) is 10.3. The first-order chi connectivity index (χ1) is 12.5. The molecular formula is C22H28Br2F2N2. The molecule has 1 unspecified atom stereocenters. The summed E-state index contributed by atoms with van der Waals surface area (Å²) in [5.74, 6) is -0.390. The average Bonchev–Trinajstić information content (AvgIpc) is 3.34. The van der Waals surface area contributed by atoms with Crippen LogP contribution >= 0.6 is 31.9 Å². The van der Waals surface area contributed by atoms with Crippen LogP contribution in [-0.4, -0.2) is 18.8 Å². The van der Waals surface area contributed by atoms with E-state index < -0.39 is 0 Å². The zero-order chi connectivity index (χ0) is 18.5. The molecule has 1 atom stereocenters. The monoisotopic (exact) mass is 516 g/mol. The fourth-order valence-corrected chi connectivity index (χ4v) is 3.64. The van der Waals surface area contributed by atoms with E-state index in [-0.39, 0.29) is 26.5 Å². The maximum Gasteiger partial charge on any atom is 0.138 e. The Morgan fingerprint density at radius 1 is 0.929 bits per heavy atom. The van der Waals surface area contributed by atoms with Crippen LogP contribution in [-0.2, 0) is 0 Å². The summed E-state index contributed by atoms with van der Waals surface area (Å²) in [5, 5.41) is 3.34. The van der Waals surface area contributed by atoms with Crippen molar-refractivity contribution in [1.29, 1.82) is 0 Å². The van der Waals surface area contributed by atoms with Crippen LogP contribution in [0.25, 0.3) is 0 Å². The zero-order valence-corrected chi connectivity index (χ0v) is 17.4. The van der Waals surface area contributed by atoms with Gasteiger partial charge in [0.2, 0.25) is 0 Å². The minimum atomic E-state index is -0.216. The van der Waals surface area contributed by atoms with Crippen LogP contribution in [0.3, 0.4) is 0 Å². The molecule has 154 valence electrons. The highest BCUT2D eigenvalue weighted by Gasteiger charge is 2.16. The van der Waals surface area contributed by atoms with Crippen molar-refractivity contribution < 1.29 is 8.78 Å². The largest absolute Gasteiger partial charge is 0.310 e. The third-order valence-corrected chi connectivity index (χ3v) is 5.82. The van der Waals surface area contributed by atoms with Gasteiger partial charge in [-0.15, -0.1) is 0 Å². The van der Waals surface area contributed by atoms with Crippen molar-refractivity contribution in [3.8, 4) is 0 Å². The molecule has 1 fully saturated rings. The SMILES string of the molecule is C.C.Fc1cc(C2=NCCC2)ccc1Br.Fc1cc(C2CCCN2)ccc1Br. The molecule has 2 nitrogen and oxygen atoms in total. The Hall–Kier alpha value is -1.11. The Bertz CT molecular complexity index is 803. The third kappa shape index (κ3) is 6.46. The molecule has 2 aromatic carbocycles. The molecule has 0 spiro atoms. The van der Waals surface area contributed by atoms with Gasteiger partial charge in [0, 0.05) is 18.3 Å². The lowest BCUT2D eigenvalue weighted by Crippen LogP contribution is -2.12. The van der Waals surface area contributed by atoms with Gasteiger partial charge in [-0.1, -0.05) is 27.0 Å². The zero-order valence-electron chi connectivity index (χ0n) is 14.2. The van der Waals surface area contributed by atoms with E-state index >= 15 is 0 Å². The summed E-state index contributed by atoms with van der Waals surface area (Å²) in [6.45, 7) is 1.93. The number of aliphatic imine (C=N–C) groups is 1. The molecule has 2 aromatic rings. The molecule has 28 heavy (non-hydrogen) atoms. The molecular weight excluding hydrogens is 490 g/mol. The number of nitrogens with one attached hydrogen (secondary N) is 1. The summed E-state index contributed by atoms with van der Waals surface area (Å²) >= 11 is 6.27. The summed E-state index contributed by atoms with van der Waals surface area (Å²) in [6.07, 6.45) is 4.36. The van der Waals surface area contributed by atoms with Crippen LogP contribution in [0.2, 0.25) is 0 Å². The summed E-state index contributed by atoms with van der Waals surface area (Å²) in [6, 6.07) is 10.9. The van der Waals surface area contributed by atoms with Crippen LogP contribution < -0.4 is 5.32 Å². The number of nitrogens with zero attached hydrogens (tertiary/aromatic N) is 1. The van der Waals surface area contributed by atoms with E-state index in [0.717, 1.165) is 49.2 Å². The van der Waals surface area contributed by atoms with E-state index in [1.54, 1.807) is 18.2 Å². The van der Waals surface area contributed by atoms with Gasteiger partial charge in [-0.3, -0.25) is 4.99 Å². The second-order valence-electron chi connectivity index (χ2n) is 6.38. The molecule has 0 amide bonds. The Morgan fingerprint density at radius 2 is 1.61 bits per heavy atom. The van der Waals surface area contributed by atoms with Gasteiger partial charge in [-0.2, -0.15) is 0 Å². The van der Waals surface area contributed by atoms with E-state index in [9.17, 15) is 8.78 Å². The Balaban J connectivity index is 0.000000261. The Kier molecular flexibility index (Phi) is 10.5. The van der Waals surface area contributed by atoms with Crippen molar-refractivity contribution in [1.82, 2.24) is 5.32 Å². The first kappa shape index (κ1) is 24.9. The Labute approximate surface area is 184 Å². The molecule has 2 aliphatic rings. The van der Waals surface area contributed by atoms with Gasteiger partial charge in [-0.25, -0.2) is 8.78 Å². The van der Waals surface area contributed by atoms with Crippen LogP contribution in [0.4, 0.5) is 8.78 Å². The van der Waals surface area contributed by atoms with Gasteiger partial charge >= 0.3 is 0 Å². The lowest BCUT2D eigenvalue weighted by atomic mass is 10.1. The molecule has 0 aliphatic carbocycles. The Morgan fingerprint density at radius 3 is 2.14 bits per heavy atom. The minimum absolute atomic E-state index is 0. The smallest absolute Gasteiger partial charge is 0.138 e. The topological polar surface area (TPSA) is 24.4 Å². The summed E-state index contributed by atoms with van der Waals surface area (Å²) in [5.41, 5.74) is 3.00. The second kappa shape index (κ2) is 11.8. The van der Waals surface area contributed by atoms with Crippen molar-refractivity contribution in [2.24, 2.45) is 4.99 Å². The van der Waals surface area contributed by atoms with E-state index in [1.165, 1.54) is 12.5 Å². The van der Waals surface area contributed by atoms with E-state index in [4.69, 9.17) is 0 Å². The highest BCUT2D eigenvalue weighted by atomic mass is 79.9. The van der Waals surface area contributed by atoms with Gasteiger partial charge in [0.15, 0.2) is 0 Å². The van der Waals surface area contributed by atoms with Gasteiger partial charge in [-0.05, 0) is 99.5 Å². The van der Waals surface area contributed by atoms with Crippen LogP contribution in [0, 0.1) is 11.6 Å². The summed E-state index contributed by atoms with van der Waals surface area (Å²) < 4.78 is 27.3. The maximum absolute atomic E-state index is 13.2. The highest BCUT2D eigenvalue weighted by molar-refractivity contribution is 9.10. The van der Waals surface area contributed by atoms with E-state index in [0.29, 0.717) is 15.0 Å². The predicted molar refractivity (Wildman–Crippen MR) is 122 cm³/mol. The second-order valence-corrected chi connectivity index (χ2v) is 8.09. The van der Waals surface area contributed by atoms with Gasteiger partial charge in [0.25, 0.3) is 0 Å². The molecule has 4 rings (SSSR count). The number of hydrogen-bond acceptors (Lipinski definition) is 2. The van der Waals surface area contributed by atoms with E-state index in [1.807, 2.05) is 12.1 Å². The number of benzene rings is 2. The molecule has 1 N–H and O–H groups in total. The van der Waals surface area contributed by atoms with Gasteiger partial charge in [0.1, 0.15) is 11.6 Å². The third-order valence-electron chi connectivity index (χ3n) is 4.53. The standard InChI is InChI=1S/C10H11BrFN.C10H9BrFN.2CH4/c2*11-8-4-3-7(6-9(8)12)10-2-1-5-13-10;;/h3-4,6,10,13H,1-2,5H2;3-4,6H,1-2,5H2;2*1H4. The maximum atomic E-state index is 13.2. The first-order valence-electron chi connectivity index (χ1n) is 8.71. The molecule has 0 radical (unpaired) electrons. The van der Waals surface area contributed by atoms with Crippen LogP contribution in [0.15, 0.2) is 50.3 Å². The molecule has 1 saturated heterocycles. The average molecular weight is 518 g/mol. The summed E-state index contributed by atoms with van der Waals surface area (Å²) in [7, 11) is 0. The highest BCUT2D eigenvalue weighted by Crippen LogP contribution is 2.26. The number of halogens is 4. The normalized spacial score (nSPS) is 17.7. The van der Waals surface area contributed by atoms with Crippen molar-refractivity contribution in [2.75, 3.05) is 13.1 Å².